The molecule has 4 heteroatoms. The Morgan fingerprint density at radius 1 is 1.05 bits per heavy atom. The highest BCUT2D eigenvalue weighted by molar-refractivity contribution is 5.45. The van der Waals surface area contributed by atoms with Gasteiger partial charge in [-0.2, -0.15) is 0 Å². The topological polar surface area (TPSA) is 44.5 Å². The van der Waals surface area contributed by atoms with E-state index in [1.165, 1.54) is 12.1 Å². The molecule has 2 N–H and O–H groups in total. The summed E-state index contributed by atoms with van der Waals surface area (Å²) in [5, 5.41) is 0. The molecule has 0 heterocycles. The first kappa shape index (κ1) is 14.3. The molecule has 2 aromatic rings. The Morgan fingerprint density at radius 3 is 2.50 bits per heavy atom. The molecule has 2 aromatic carbocycles. The summed E-state index contributed by atoms with van der Waals surface area (Å²) in [6, 6.07) is 11.7. The summed E-state index contributed by atoms with van der Waals surface area (Å²) in [7, 11) is 0. The monoisotopic (exact) mass is 275 g/mol. The molecule has 0 saturated heterocycles. The fourth-order valence-electron chi connectivity index (χ4n) is 1.79. The first-order chi connectivity index (χ1) is 9.74. The molecule has 0 aromatic heterocycles. The van der Waals surface area contributed by atoms with Crippen LogP contribution in [0.4, 0.5) is 4.39 Å². The van der Waals surface area contributed by atoms with Gasteiger partial charge in [0.25, 0.3) is 0 Å². The van der Waals surface area contributed by atoms with Crippen molar-refractivity contribution in [3.63, 3.8) is 0 Å². The Balaban J connectivity index is 2.25. The molecule has 2 rings (SSSR count). The van der Waals surface area contributed by atoms with E-state index in [9.17, 15) is 4.39 Å². The van der Waals surface area contributed by atoms with Crippen LogP contribution in [0.3, 0.4) is 0 Å². The minimum atomic E-state index is -0.326. The van der Waals surface area contributed by atoms with Crippen molar-refractivity contribution in [1.29, 1.82) is 0 Å². The van der Waals surface area contributed by atoms with Crippen LogP contribution in [0.1, 0.15) is 18.9 Å². The summed E-state index contributed by atoms with van der Waals surface area (Å²) < 4.78 is 24.6. The number of hydrogen-bond donors (Lipinski definition) is 1. The van der Waals surface area contributed by atoms with E-state index in [-0.39, 0.29) is 12.4 Å². The number of rotatable bonds is 6. The largest absolute Gasteiger partial charge is 0.490 e. The van der Waals surface area contributed by atoms with Crippen LogP contribution < -0.4 is 15.2 Å². The van der Waals surface area contributed by atoms with Crippen LogP contribution >= 0.6 is 0 Å². The molecule has 106 valence electrons. The Hall–Kier alpha value is -2.07. The van der Waals surface area contributed by atoms with Crippen molar-refractivity contribution in [2.24, 2.45) is 5.73 Å². The van der Waals surface area contributed by atoms with Gasteiger partial charge in [-0.15, -0.1) is 0 Å². The molecule has 0 aliphatic heterocycles. The van der Waals surface area contributed by atoms with Crippen molar-refractivity contribution >= 4 is 0 Å². The lowest BCUT2D eigenvalue weighted by molar-refractivity contribution is 0.302. The zero-order chi connectivity index (χ0) is 14.4. The molecule has 0 saturated carbocycles. The van der Waals surface area contributed by atoms with E-state index in [4.69, 9.17) is 15.2 Å². The van der Waals surface area contributed by atoms with Crippen molar-refractivity contribution in [3.8, 4) is 17.2 Å². The summed E-state index contributed by atoms with van der Waals surface area (Å²) in [5.74, 6) is 1.48. The van der Waals surface area contributed by atoms with E-state index in [0.717, 1.165) is 6.42 Å². The molecule has 0 amide bonds. The van der Waals surface area contributed by atoms with Crippen LogP contribution in [0.15, 0.2) is 42.5 Å². The van der Waals surface area contributed by atoms with E-state index in [0.29, 0.717) is 29.4 Å². The molecule has 0 fully saturated rings. The summed E-state index contributed by atoms with van der Waals surface area (Å²) in [6.07, 6.45) is 0.916. The van der Waals surface area contributed by atoms with Gasteiger partial charge >= 0.3 is 0 Å². The van der Waals surface area contributed by atoms with Gasteiger partial charge in [-0.25, -0.2) is 4.39 Å². The number of nitrogens with two attached hydrogens (primary N) is 1. The van der Waals surface area contributed by atoms with E-state index >= 15 is 0 Å². The van der Waals surface area contributed by atoms with Gasteiger partial charge in [0, 0.05) is 12.1 Å². The van der Waals surface area contributed by atoms with Crippen molar-refractivity contribution in [2.75, 3.05) is 6.61 Å². The van der Waals surface area contributed by atoms with Crippen molar-refractivity contribution in [1.82, 2.24) is 0 Å². The molecule has 0 bridgehead atoms. The second kappa shape index (κ2) is 6.91. The third kappa shape index (κ3) is 3.48. The van der Waals surface area contributed by atoms with Crippen LogP contribution in [-0.2, 0) is 6.54 Å². The lowest BCUT2D eigenvalue weighted by Gasteiger charge is -2.14. The lowest BCUT2D eigenvalue weighted by Crippen LogP contribution is -2.01. The number of ether oxygens (including phenoxy) is 2. The SMILES string of the molecule is CCCOc1ccccc1Oc1ccc(F)cc1CN. The van der Waals surface area contributed by atoms with Crippen molar-refractivity contribution in [2.45, 2.75) is 19.9 Å². The number of para-hydroxylation sites is 2. The van der Waals surface area contributed by atoms with E-state index in [1.54, 1.807) is 6.07 Å². The molecule has 0 atom stereocenters. The first-order valence-corrected chi connectivity index (χ1v) is 6.62. The predicted octanol–water partition coefficient (Wildman–Crippen LogP) is 3.87. The zero-order valence-corrected chi connectivity index (χ0v) is 11.4. The van der Waals surface area contributed by atoms with Crippen molar-refractivity contribution < 1.29 is 13.9 Å². The van der Waals surface area contributed by atoms with Crippen LogP contribution in [0.2, 0.25) is 0 Å². The standard InChI is InChI=1S/C16H18FNO2/c1-2-9-19-15-5-3-4-6-16(15)20-14-8-7-13(17)10-12(14)11-18/h3-8,10H,2,9,11,18H2,1H3. The molecule has 0 aliphatic rings. The molecule has 0 radical (unpaired) electrons. The maximum atomic E-state index is 13.2. The zero-order valence-electron chi connectivity index (χ0n) is 11.4. The Labute approximate surface area is 118 Å². The van der Waals surface area contributed by atoms with Gasteiger partial charge in [0.1, 0.15) is 11.6 Å². The van der Waals surface area contributed by atoms with Gasteiger partial charge in [0.15, 0.2) is 11.5 Å². The highest BCUT2D eigenvalue weighted by Crippen LogP contribution is 2.33. The van der Waals surface area contributed by atoms with Gasteiger partial charge in [0.05, 0.1) is 6.61 Å². The van der Waals surface area contributed by atoms with E-state index < -0.39 is 0 Å². The normalized spacial score (nSPS) is 10.3. The molecule has 3 nitrogen and oxygen atoms in total. The molecular weight excluding hydrogens is 257 g/mol. The number of benzene rings is 2. The fraction of sp³-hybridized carbons (Fsp3) is 0.250. The third-order valence-electron chi connectivity index (χ3n) is 2.77. The van der Waals surface area contributed by atoms with Crippen LogP contribution in [-0.4, -0.2) is 6.61 Å². The summed E-state index contributed by atoms with van der Waals surface area (Å²) in [4.78, 5) is 0. The number of hydrogen-bond acceptors (Lipinski definition) is 3. The second-order valence-electron chi connectivity index (χ2n) is 4.35. The van der Waals surface area contributed by atoms with Gasteiger partial charge < -0.3 is 15.2 Å². The van der Waals surface area contributed by atoms with E-state index in [2.05, 4.69) is 0 Å². The van der Waals surface area contributed by atoms with Gasteiger partial charge in [-0.05, 0) is 36.8 Å². The summed E-state index contributed by atoms with van der Waals surface area (Å²) in [6.45, 7) is 2.87. The van der Waals surface area contributed by atoms with Gasteiger partial charge in [-0.3, -0.25) is 0 Å². The first-order valence-electron chi connectivity index (χ1n) is 6.62. The van der Waals surface area contributed by atoms with Crippen molar-refractivity contribution in [3.05, 3.63) is 53.8 Å². The maximum absolute atomic E-state index is 13.2. The van der Waals surface area contributed by atoms with Gasteiger partial charge in [-0.1, -0.05) is 19.1 Å². The highest BCUT2D eigenvalue weighted by Gasteiger charge is 2.09. The molecule has 0 spiro atoms. The summed E-state index contributed by atoms with van der Waals surface area (Å²) >= 11 is 0. The molecular formula is C16H18FNO2. The number of halogens is 1. The molecule has 0 aliphatic carbocycles. The van der Waals surface area contributed by atoms with Crippen LogP contribution in [0, 0.1) is 5.82 Å². The second-order valence-corrected chi connectivity index (χ2v) is 4.35. The fourth-order valence-corrected chi connectivity index (χ4v) is 1.79. The smallest absolute Gasteiger partial charge is 0.169 e. The Bertz CT molecular complexity index is 572. The predicted molar refractivity (Wildman–Crippen MR) is 76.6 cm³/mol. The molecule has 0 unspecified atom stereocenters. The van der Waals surface area contributed by atoms with Gasteiger partial charge in [0.2, 0.25) is 0 Å². The lowest BCUT2D eigenvalue weighted by atomic mass is 10.2. The average molecular weight is 275 g/mol. The minimum absolute atomic E-state index is 0.213. The van der Waals surface area contributed by atoms with Crippen LogP contribution in [0.5, 0.6) is 17.2 Å². The average Bonchev–Trinajstić information content (AvgIpc) is 2.48. The van der Waals surface area contributed by atoms with E-state index in [1.807, 2.05) is 31.2 Å². The molecule has 20 heavy (non-hydrogen) atoms. The quantitative estimate of drug-likeness (QED) is 0.870. The maximum Gasteiger partial charge on any atom is 0.169 e. The Kier molecular flexibility index (Phi) is 4.96. The Morgan fingerprint density at radius 2 is 1.80 bits per heavy atom. The third-order valence-corrected chi connectivity index (χ3v) is 2.77. The highest BCUT2D eigenvalue weighted by atomic mass is 19.1. The van der Waals surface area contributed by atoms with Crippen LogP contribution in [0.25, 0.3) is 0 Å². The summed E-state index contributed by atoms with van der Waals surface area (Å²) in [5.41, 5.74) is 6.23. The minimum Gasteiger partial charge on any atom is -0.490 e.